The van der Waals surface area contributed by atoms with E-state index in [1.165, 1.54) is 16.4 Å². The van der Waals surface area contributed by atoms with Crippen LogP contribution in [0.2, 0.25) is 5.02 Å². The molecule has 0 radical (unpaired) electrons. The molecule has 0 N–H and O–H groups in total. The van der Waals surface area contributed by atoms with Crippen LogP contribution in [0, 0.1) is 0 Å². The van der Waals surface area contributed by atoms with Gasteiger partial charge in [-0.1, -0.05) is 43.6 Å². The summed E-state index contributed by atoms with van der Waals surface area (Å²) < 4.78 is 28.8. The minimum atomic E-state index is -3.58. The number of ketones is 1. The van der Waals surface area contributed by atoms with Gasteiger partial charge < -0.3 is 4.40 Å². The second-order valence-electron chi connectivity index (χ2n) is 7.35. The van der Waals surface area contributed by atoms with Crippen LogP contribution < -0.4 is 0 Å². The van der Waals surface area contributed by atoms with E-state index in [0.29, 0.717) is 29.4 Å². The van der Waals surface area contributed by atoms with Gasteiger partial charge in [0.05, 0.1) is 4.90 Å². The first kappa shape index (κ1) is 22.3. The standard InChI is InChI=1S/C25H23ClN2O3S/c1-3-27(4-2)32(30,31)22-14-10-19(11-15-22)25(29)24-23(18-8-12-20(26)13-9-18)17-21-7-5-6-16-28(21)24/h5-17H,3-4H2,1-2H3. The molecule has 0 aliphatic heterocycles. The summed E-state index contributed by atoms with van der Waals surface area (Å²) >= 11 is 6.05. The van der Waals surface area contributed by atoms with Crippen molar-refractivity contribution >= 4 is 32.9 Å². The second kappa shape index (κ2) is 8.90. The van der Waals surface area contributed by atoms with Crippen LogP contribution >= 0.6 is 11.6 Å². The van der Waals surface area contributed by atoms with E-state index >= 15 is 0 Å². The van der Waals surface area contributed by atoms with Crippen molar-refractivity contribution in [3.63, 3.8) is 0 Å². The molecule has 0 aliphatic rings. The van der Waals surface area contributed by atoms with E-state index in [1.807, 2.05) is 47.0 Å². The normalized spacial score (nSPS) is 11.9. The monoisotopic (exact) mass is 466 g/mol. The molecule has 0 atom stereocenters. The molecular formula is C25H23ClN2O3S. The van der Waals surface area contributed by atoms with Crippen LogP contribution in [0.25, 0.3) is 16.6 Å². The van der Waals surface area contributed by atoms with Gasteiger partial charge in [0.1, 0.15) is 5.69 Å². The van der Waals surface area contributed by atoms with Gasteiger partial charge in [0.15, 0.2) is 0 Å². The highest BCUT2D eigenvalue weighted by Gasteiger charge is 2.24. The quantitative estimate of drug-likeness (QED) is 0.337. The molecular weight excluding hydrogens is 444 g/mol. The molecule has 0 fully saturated rings. The Labute approximate surface area is 192 Å². The average Bonchev–Trinajstić information content (AvgIpc) is 3.19. The van der Waals surface area contributed by atoms with E-state index in [9.17, 15) is 13.2 Å². The molecule has 4 rings (SSSR count). The summed E-state index contributed by atoms with van der Waals surface area (Å²) in [7, 11) is -3.58. The van der Waals surface area contributed by atoms with Crippen LogP contribution in [0.1, 0.15) is 29.9 Å². The first-order valence-electron chi connectivity index (χ1n) is 10.4. The molecule has 0 spiro atoms. The van der Waals surface area contributed by atoms with Crippen molar-refractivity contribution in [2.75, 3.05) is 13.1 Å². The Kier molecular flexibility index (Phi) is 6.20. The van der Waals surface area contributed by atoms with Crippen molar-refractivity contribution < 1.29 is 13.2 Å². The van der Waals surface area contributed by atoms with Gasteiger partial charge >= 0.3 is 0 Å². The summed E-state index contributed by atoms with van der Waals surface area (Å²) in [4.78, 5) is 13.8. The Morgan fingerprint density at radius 1 is 0.938 bits per heavy atom. The Morgan fingerprint density at radius 2 is 1.59 bits per heavy atom. The lowest BCUT2D eigenvalue weighted by atomic mass is 10.0. The fourth-order valence-corrected chi connectivity index (χ4v) is 5.42. The van der Waals surface area contributed by atoms with Crippen LogP contribution in [0.4, 0.5) is 0 Å². The molecule has 164 valence electrons. The van der Waals surface area contributed by atoms with E-state index in [4.69, 9.17) is 11.6 Å². The van der Waals surface area contributed by atoms with Gasteiger partial charge in [0.25, 0.3) is 0 Å². The number of benzene rings is 2. The average molecular weight is 467 g/mol. The number of carbonyl (C=O) groups is 1. The SMILES string of the molecule is CCN(CC)S(=O)(=O)c1ccc(C(=O)c2c(-c3ccc(Cl)cc3)cc3ccccn23)cc1. The lowest BCUT2D eigenvalue weighted by Gasteiger charge is -2.18. The van der Waals surface area contributed by atoms with Crippen molar-refractivity contribution in [3.05, 3.63) is 95.3 Å². The Morgan fingerprint density at radius 3 is 2.22 bits per heavy atom. The fraction of sp³-hybridized carbons (Fsp3) is 0.160. The Bertz CT molecular complexity index is 1370. The molecule has 32 heavy (non-hydrogen) atoms. The maximum absolute atomic E-state index is 13.6. The highest BCUT2D eigenvalue weighted by Crippen LogP contribution is 2.31. The van der Waals surface area contributed by atoms with E-state index in [1.54, 1.807) is 38.1 Å². The number of hydrogen-bond acceptors (Lipinski definition) is 3. The molecule has 2 heterocycles. The number of rotatable bonds is 7. The van der Waals surface area contributed by atoms with Crippen molar-refractivity contribution in [1.29, 1.82) is 0 Å². The highest BCUT2D eigenvalue weighted by molar-refractivity contribution is 7.89. The third-order valence-corrected chi connectivity index (χ3v) is 7.83. The van der Waals surface area contributed by atoms with Crippen molar-refractivity contribution in [2.24, 2.45) is 0 Å². The lowest BCUT2D eigenvalue weighted by Crippen LogP contribution is -2.30. The van der Waals surface area contributed by atoms with E-state index < -0.39 is 10.0 Å². The summed E-state index contributed by atoms with van der Waals surface area (Å²) in [6.07, 6.45) is 1.85. The molecule has 2 aromatic carbocycles. The predicted molar refractivity (Wildman–Crippen MR) is 128 cm³/mol. The lowest BCUT2D eigenvalue weighted by molar-refractivity contribution is 0.103. The molecule has 7 heteroatoms. The molecule has 0 saturated heterocycles. The van der Waals surface area contributed by atoms with Gasteiger partial charge in [0.2, 0.25) is 15.8 Å². The number of hydrogen-bond donors (Lipinski definition) is 0. The number of fused-ring (bicyclic) bond motifs is 1. The van der Waals surface area contributed by atoms with Crippen LogP contribution in [-0.2, 0) is 10.0 Å². The summed E-state index contributed by atoms with van der Waals surface area (Å²) in [5.41, 5.74) is 3.49. The van der Waals surface area contributed by atoms with Crippen molar-refractivity contribution in [1.82, 2.24) is 8.71 Å². The number of nitrogens with zero attached hydrogens (tertiary/aromatic N) is 2. The number of pyridine rings is 1. The van der Waals surface area contributed by atoms with Gasteiger partial charge in [-0.3, -0.25) is 4.79 Å². The summed E-state index contributed by atoms with van der Waals surface area (Å²) in [6, 6.07) is 21.2. The Hall–Kier alpha value is -2.93. The van der Waals surface area contributed by atoms with Gasteiger partial charge in [-0.05, 0) is 60.2 Å². The number of sulfonamides is 1. The minimum absolute atomic E-state index is 0.177. The topological polar surface area (TPSA) is 58.9 Å². The summed E-state index contributed by atoms with van der Waals surface area (Å²) in [5, 5.41) is 0.621. The molecule has 0 bridgehead atoms. The minimum Gasteiger partial charge on any atom is -0.313 e. The van der Waals surface area contributed by atoms with Gasteiger partial charge in [-0.25, -0.2) is 8.42 Å². The van der Waals surface area contributed by atoms with Crippen LogP contribution in [0.15, 0.2) is 83.9 Å². The zero-order valence-electron chi connectivity index (χ0n) is 17.8. The van der Waals surface area contributed by atoms with E-state index in [2.05, 4.69) is 0 Å². The van der Waals surface area contributed by atoms with Crippen molar-refractivity contribution in [3.8, 4) is 11.1 Å². The molecule has 0 unspecified atom stereocenters. The maximum Gasteiger partial charge on any atom is 0.243 e. The van der Waals surface area contributed by atoms with Crippen LogP contribution in [0.3, 0.4) is 0 Å². The number of carbonyl (C=O) groups excluding carboxylic acids is 1. The van der Waals surface area contributed by atoms with Crippen molar-refractivity contribution in [2.45, 2.75) is 18.7 Å². The zero-order valence-corrected chi connectivity index (χ0v) is 19.4. The maximum atomic E-state index is 13.6. The largest absolute Gasteiger partial charge is 0.313 e. The highest BCUT2D eigenvalue weighted by atomic mass is 35.5. The third kappa shape index (κ3) is 3.97. The molecule has 5 nitrogen and oxygen atoms in total. The van der Waals surface area contributed by atoms with Gasteiger partial charge in [-0.15, -0.1) is 0 Å². The summed E-state index contributed by atoms with van der Waals surface area (Å²) in [6.45, 7) is 4.38. The van der Waals surface area contributed by atoms with E-state index in [-0.39, 0.29) is 10.7 Å². The third-order valence-electron chi connectivity index (χ3n) is 5.51. The number of aromatic nitrogens is 1. The zero-order chi connectivity index (χ0) is 22.9. The Balaban J connectivity index is 1.79. The predicted octanol–water partition coefficient (Wildman–Crippen LogP) is 5.52. The van der Waals surface area contributed by atoms with Crippen LogP contribution in [0.5, 0.6) is 0 Å². The van der Waals surface area contributed by atoms with Gasteiger partial charge in [0, 0.05) is 41.0 Å². The molecule has 4 aromatic rings. The first-order valence-corrected chi connectivity index (χ1v) is 12.2. The first-order chi connectivity index (χ1) is 15.4. The molecule has 2 aromatic heterocycles. The van der Waals surface area contributed by atoms with Crippen LogP contribution in [-0.4, -0.2) is 36.0 Å². The molecule has 0 saturated carbocycles. The fourth-order valence-electron chi connectivity index (χ4n) is 3.83. The molecule has 0 aliphatic carbocycles. The molecule has 0 amide bonds. The van der Waals surface area contributed by atoms with Gasteiger partial charge in [-0.2, -0.15) is 4.31 Å². The van der Waals surface area contributed by atoms with E-state index in [0.717, 1.165) is 16.6 Å². The number of halogens is 1. The summed E-state index contributed by atoms with van der Waals surface area (Å²) in [5.74, 6) is -0.187. The smallest absolute Gasteiger partial charge is 0.243 e. The second-order valence-corrected chi connectivity index (χ2v) is 9.73.